The number of H-pyrrole nitrogens is 1. The largest absolute Gasteiger partial charge is 0.480 e. The standard InChI is InChI=1S/C11H14N4O2.2ClH/c1-11(13,9(16)17)5-6-2-3-7-8(4-6)15-10(12)14-7;;/h2-4H,5,13H2,1H3,(H,16,17)(H3,12,14,15);2*1H/t11-;;/m1../s1. The Bertz CT molecular complexity index is 583. The lowest BCUT2D eigenvalue weighted by atomic mass is 9.94. The number of aliphatic carboxylic acids is 1. The van der Waals surface area contributed by atoms with Gasteiger partial charge in [-0.2, -0.15) is 0 Å². The highest BCUT2D eigenvalue weighted by Crippen LogP contribution is 2.18. The molecule has 0 bridgehead atoms. The molecule has 1 aromatic carbocycles. The van der Waals surface area contributed by atoms with Crippen molar-refractivity contribution in [1.82, 2.24) is 9.97 Å². The van der Waals surface area contributed by atoms with Crippen molar-refractivity contribution in [2.45, 2.75) is 18.9 Å². The number of nitrogen functional groups attached to an aromatic ring is 1. The fourth-order valence-corrected chi connectivity index (χ4v) is 1.68. The van der Waals surface area contributed by atoms with E-state index in [2.05, 4.69) is 9.97 Å². The van der Waals surface area contributed by atoms with Crippen LogP contribution in [0.4, 0.5) is 5.95 Å². The summed E-state index contributed by atoms with van der Waals surface area (Å²) < 4.78 is 0. The molecule has 1 atom stereocenters. The molecule has 1 heterocycles. The van der Waals surface area contributed by atoms with Crippen LogP contribution in [0.2, 0.25) is 0 Å². The number of carbonyl (C=O) groups is 1. The Labute approximate surface area is 122 Å². The molecule has 8 heteroatoms. The van der Waals surface area contributed by atoms with Gasteiger partial charge in [-0.3, -0.25) is 4.79 Å². The SMILES string of the molecule is C[C@@](N)(Cc1ccc2[nH]c(N)nc2c1)C(=O)O.Cl.Cl. The summed E-state index contributed by atoms with van der Waals surface area (Å²) in [5.41, 5.74) is 12.3. The van der Waals surface area contributed by atoms with Gasteiger partial charge in [-0.25, -0.2) is 4.98 Å². The number of carboxylic acids is 1. The number of benzene rings is 1. The van der Waals surface area contributed by atoms with E-state index in [1.54, 1.807) is 6.07 Å². The van der Waals surface area contributed by atoms with Gasteiger partial charge in [0.2, 0.25) is 0 Å². The third kappa shape index (κ3) is 3.73. The van der Waals surface area contributed by atoms with Gasteiger partial charge in [0.25, 0.3) is 0 Å². The van der Waals surface area contributed by atoms with E-state index in [4.69, 9.17) is 16.6 Å². The minimum absolute atomic E-state index is 0. The molecule has 0 saturated heterocycles. The minimum atomic E-state index is -1.28. The van der Waals surface area contributed by atoms with Crippen LogP contribution in [0, 0.1) is 0 Å². The van der Waals surface area contributed by atoms with Gasteiger partial charge >= 0.3 is 5.97 Å². The number of carboxylic acid groups (broad SMARTS) is 1. The Morgan fingerprint density at radius 1 is 1.47 bits per heavy atom. The molecule has 0 radical (unpaired) electrons. The Morgan fingerprint density at radius 2 is 2.11 bits per heavy atom. The number of aromatic nitrogens is 2. The second kappa shape index (κ2) is 6.10. The monoisotopic (exact) mass is 306 g/mol. The van der Waals surface area contributed by atoms with Crippen molar-refractivity contribution in [1.29, 1.82) is 0 Å². The summed E-state index contributed by atoms with van der Waals surface area (Å²) in [5.74, 6) is -0.690. The summed E-state index contributed by atoms with van der Waals surface area (Å²) in [5, 5.41) is 8.95. The first-order valence-electron chi connectivity index (χ1n) is 5.15. The van der Waals surface area contributed by atoms with Crippen molar-refractivity contribution >= 4 is 47.8 Å². The Kier molecular flexibility index (Phi) is 5.62. The fourth-order valence-electron chi connectivity index (χ4n) is 1.68. The molecule has 2 rings (SSSR count). The van der Waals surface area contributed by atoms with Crippen molar-refractivity contribution in [3.8, 4) is 0 Å². The zero-order valence-corrected chi connectivity index (χ0v) is 11.8. The molecular weight excluding hydrogens is 291 g/mol. The van der Waals surface area contributed by atoms with Crippen LogP contribution in [0.1, 0.15) is 12.5 Å². The molecular formula is C11H16Cl2N4O2. The molecule has 106 valence electrons. The van der Waals surface area contributed by atoms with Crippen molar-refractivity contribution in [2.75, 3.05) is 5.73 Å². The van der Waals surface area contributed by atoms with Crippen LogP contribution in [0.5, 0.6) is 0 Å². The number of nitrogens with zero attached hydrogens (tertiary/aromatic N) is 1. The van der Waals surface area contributed by atoms with Crippen LogP contribution in [-0.4, -0.2) is 26.6 Å². The topological polar surface area (TPSA) is 118 Å². The average molecular weight is 307 g/mol. The number of hydrogen-bond acceptors (Lipinski definition) is 4. The highest BCUT2D eigenvalue weighted by atomic mass is 35.5. The number of anilines is 1. The molecule has 0 unspecified atom stereocenters. The number of hydrogen-bond donors (Lipinski definition) is 4. The smallest absolute Gasteiger partial charge is 0.323 e. The quantitative estimate of drug-likeness (QED) is 0.682. The maximum absolute atomic E-state index is 10.9. The van der Waals surface area contributed by atoms with Gasteiger partial charge in [0.15, 0.2) is 5.95 Å². The Balaban J connectivity index is 0.00000162. The average Bonchev–Trinajstić information content (AvgIpc) is 2.56. The number of aromatic amines is 1. The number of halogens is 2. The summed E-state index contributed by atoms with van der Waals surface area (Å²) in [4.78, 5) is 17.9. The second-order valence-electron chi connectivity index (χ2n) is 4.37. The summed E-state index contributed by atoms with van der Waals surface area (Å²) >= 11 is 0. The maximum Gasteiger partial charge on any atom is 0.323 e. The second-order valence-corrected chi connectivity index (χ2v) is 4.37. The van der Waals surface area contributed by atoms with Crippen LogP contribution in [0.25, 0.3) is 11.0 Å². The maximum atomic E-state index is 10.9. The Hall–Kier alpha value is -1.50. The zero-order valence-electron chi connectivity index (χ0n) is 10.2. The van der Waals surface area contributed by atoms with Crippen molar-refractivity contribution in [3.63, 3.8) is 0 Å². The molecule has 19 heavy (non-hydrogen) atoms. The molecule has 0 aliphatic rings. The lowest BCUT2D eigenvalue weighted by Gasteiger charge is -2.18. The molecule has 0 fully saturated rings. The van der Waals surface area contributed by atoms with E-state index in [1.807, 2.05) is 12.1 Å². The minimum Gasteiger partial charge on any atom is -0.480 e. The van der Waals surface area contributed by atoms with Crippen LogP contribution in [0.15, 0.2) is 18.2 Å². The normalized spacial score (nSPS) is 13.2. The lowest BCUT2D eigenvalue weighted by molar-refractivity contribution is -0.142. The van der Waals surface area contributed by atoms with Gasteiger partial charge in [0.1, 0.15) is 5.54 Å². The Morgan fingerprint density at radius 3 is 2.68 bits per heavy atom. The molecule has 2 aromatic rings. The van der Waals surface area contributed by atoms with Gasteiger partial charge in [-0.15, -0.1) is 24.8 Å². The molecule has 1 aromatic heterocycles. The van der Waals surface area contributed by atoms with E-state index in [0.29, 0.717) is 11.5 Å². The van der Waals surface area contributed by atoms with Crippen LogP contribution in [0.3, 0.4) is 0 Å². The number of imidazole rings is 1. The van der Waals surface area contributed by atoms with Gasteiger partial charge in [-0.05, 0) is 24.6 Å². The predicted octanol–water partition coefficient (Wildman–Crippen LogP) is 1.33. The number of nitrogens with one attached hydrogen (secondary N) is 1. The van der Waals surface area contributed by atoms with E-state index >= 15 is 0 Å². The highest BCUT2D eigenvalue weighted by Gasteiger charge is 2.28. The predicted molar refractivity (Wildman–Crippen MR) is 78.9 cm³/mol. The van der Waals surface area contributed by atoms with E-state index in [-0.39, 0.29) is 31.2 Å². The number of nitrogens with two attached hydrogens (primary N) is 2. The first-order chi connectivity index (χ1) is 7.88. The molecule has 0 aliphatic carbocycles. The first kappa shape index (κ1) is 17.5. The summed E-state index contributed by atoms with van der Waals surface area (Å²) in [6, 6.07) is 5.41. The van der Waals surface area contributed by atoms with Gasteiger partial charge in [0.05, 0.1) is 11.0 Å². The van der Waals surface area contributed by atoms with Gasteiger partial charge in [-0.1, -0.05) is 6.07 Å². The first-order valence-corrected chi connectivity index (χ1v) is 5.15. The van der Waals surface area contributed by atoms with Gasteiger partial charge in [0, 0.05) is 6.42 Å². The highest BCUT2D eigenvalue weighted by molar-refractivity contribution is 5.85. The number of rotatable bonds is 3. The third-order valence-corrected chi connectivity index (χ3v) is 2.63. The molecule has 6 nitrogen and oxygen atoms in total. The number of fused-ring (bicyclic) bond motifs is 1. The van der Waals surface area contributed by atoms with Gasteiger partial charge < -0.3 is 21.6 Å². The van der Waals surface area contributed by atoms with Crippen LogP contribution >= 0.6 is 24.8 Å². The van der Waals surface area contributed by atoms with E-state index in [0.717, 1.165) is 11.1 Å². The summed E-state index contributed by atoms with van der Waals surface area (Å²) in [7, 11) is 0. The van der Waals surface area contributed by atoms with Crippen LogP contribution < -0.4 is 11.5 Å². The van der Waals surface area contributed by atoms with E-state index in [1.165, 1.54) is 6.92 Å². The lowest BCUT2D eigenvalue weighted by Crippen LogP contribution is -2.46. The summed E-state index contributed by atoms with van der Waals surface area (Å²) in [6.45, 7) is 1.48. The molecule has 6 N–H and O–H groups in total. The van der Waals surface area contributed by atoms with Crippen molar-refractivity contribution < 1.29 is 9.90 Å². The van der Waals surface area contributed by atoms with E-state index < -0.39 is 11.5 Å². The van der Waals surface area contributed by atoms with Crippen molar-refractivity contribution in [2.24, 2.45) is 5.73 Å². The van der Waals surface area contributed by atoms with Crippen molar-refractivity contribution in [3.05, 3.63) is 23.8 Å². The van der Waals surface area contributed by atoms with E-state index in [9.17, 15) is 4.79 Å². The molecule has 0 saturated carbocycles. The fraction of sp³-hybridized carbons (Fsp3) is 0.273. The third-order valence-electron chi connectivity index (χ3n) is 2.63. The zero-order chi connectivity index (χ0) is 12.6. The molecule has 0 aliphatic heterocycles. The molecule has 0 amide bonds. The van der Waals surface area contributed by atoms with Crippen LogP contribution in [-0.2, 0) is 11.2 Å². The summed E-state index contributed by atoms with van der Waals surface area (Å²) in [6.07, 6.45) is 0.241. The molecule has 0 spiro atoms.